The van der Waals surface area contributed by atoms with Crippen molar-refractivity contribution in [3.05, 3.63) is 0 Å². The van der Waals surface area contributed by atoms with Gasteiger partial charge in [-0.1, -0.05) is 0 Å². The van der Waals surface area contributed by atoms with Gasteiger partial charge in [0, 0.05) is 12.8 Å². The van der Waals surface area contributed by atoms with Crippen molar-refractivity contribution in [2.75, 3.05) is 6.54 Å². The van der Waals surface area contributed by atoms with Crippen LogP contribution in [0.15, 0.2) is 5.10 Å². The van der Waals surface area contributed by atoms with Crippen molar-refractivity contribution in [3.8, 4) is 0 Å². The van der Waals surface area contributed by atoms with E-state index in [4.69, 9.17) is 10.5 Å². The number of nitrogens with two attached hydrogens (primary N) is 1. The molecule has 0 fully saturated rings. The van der Waals surface area contributed by atoms with Crippen molar-refractivity contribution >= 4 is 12.3 Å². The Hall–Kier alpha value is -1.10. The zero-order valence-corrected chi connectivity index (χ0v) is 6.70. The lowest BCUT2D eigenvalue weighted by Crippen LogP contribution is -2.22. The van der Waals surface area contributed by atoms with E-state index in [1.807, 2.05) is 0 Å². The molecule has 0 aromatic heterocycles. The Morgan fingerprint density at radius 2 is 2.45 bits per heavy atom. The molecule has 1 amide bonds. The standard InChI is InChI=1S/C6H13N3O2/c1-5(2)11-6(10)9-8-4-3-7/h4-5H,3,7H2,1-2H3,(H,9,10). The van der Waals surface area contributed by atoms with Gasteiger partial charge < -0.3 is 10.5 Å². The SMILES string of the molecule is CC(C)OC(=O)NN=CCN. The highest BCUT2D eigenvalue weighted by molar-refractivity contribution is 5.69. The number of amides is 1. The maximum Gasteiger partial charge on any atom is 0.427 e. The zero-order valence-electron chi connectivity index (χ0n) is 6.70. The summed E-state index contributed by atoms with van der Waals surface area (Å²) in [6.45, 7) is 3.81. The summed E-state index contributed by atoms with van der Waals surface area (Å²) in [5, 5.41) is 3.47. The van der Waals surface area contributed by atoms with Crippen molar-refractivity contribution in [1.29, 1.82) is 0 Å². The molecule has 0 atom stereocenters. The van der Waals surface area contributed by atoms with E-state index in [1.165, 1.54) is 6.21 Å². The van der Waals surface area contributed by atoms with Crippen molar-refractivity contribution in [2.45, 2.75) is 20.0 Å². The Morgan fingerprint density at radius 3 is 2.91 bits per heavy atom. The fourth-order valence-electron chi connectivity index (χ4n) is 0.391. The van der Waals surface area contributed by atoms with Gasteiger partial charge in [0.15, 0.2) is 0 Å². The lowest BCUT2D eigenvalue weighted by atomic mass is 10.5. The first-order valence-electron chi connectivity index (χ1n) is 3.35. The Balaban J connectivity index is 3.45. The smallest absolute Gasteiger partial charge is 0.427 e. The van der Waals surface area contributed by atoms with Crippen LogP contribution >= 0.6 is 0 Å². The molecule has 5 nitrogen and oxygen atoms in total. The summed E-state index contributed by atoms with van der Waals surface area (Å²) in [7, 11) is 0. The highest BCUT2D eigenvalue weighted by atomic mass is 16.6. The average molecular weight is 159 g/mol. The predicted molar refractivity (Wildman–Crippen MR) is 42.3 cm³/mol. The molecule has 0 bridgehead atoms. The van der Waals surface area contributed by atoms with Gasteiger partial charge in [0.05, 0.1) is 6.10 Å². The van der Waals surface area contributed by atoms with E-state index in [0.717, 1.165) is 0 Å². The largest absolute Gasteiger partial charge is 0.446 e. The molecule has 64 valence electrons. The van der Waals surface area contributed by atoms with Gasteiger partial charge in [-0.25, -0.2) is 10.2 Å². The quantitative estimate of drug-likeness (QED) is 0.451. The monoisotopic (exact) mass is 159 g/mol. The number of carbonyl (C=O) groups excluding carboxylic acids is 1. The fraction of sp³-hybridized carbons (Fsp3) is 0.667. The Kier molecular flexibility index (Phi) is 5.10. The van der Waals surface area contributed by atoms with Crippen LogP contribution in [0.1, 0.15) is 13.8 Å². The van der Waals surface area contributed by atoms with Crippen molar-refractivity contribution in [2.24, 2.45) is 10.8 Å². The summed E-state index contributed by atoms with van der Waals surface area (Å²) in [6, 6.07) is 0. The number of rotatable bonds is 3. The molecule has 0 rings (SSSR count). The van der Waals surface area contributed by atoms with Gasteiger partial charge in [-0.15, -0.1) is 0 Å². The summed E-state index contributed by atoms with van der Waals surface area (Å²) < 4.78 is 4.69. The second-order valence-electron chi connectivity index (χ2n) is 2.11. The molecule has 11 heavy (non-hydrogen) atoms. The highest BCUT2D eigenvalue weighted by Gasteiger charge is 2.00. The fourth-order valence-corrected chi connectivity index (χ4v) is 0.391. The molecule has 0 saturated heterocycles. The van der Waals surface area contributed by atoms with Crippen LogP contribution in [0.5, 0.6) is 0 Å². The minimum atomic E-state index is -0.565. The van der Waals surface area contributed by atoms with Gasteiger partial charge in [0.1, 0.15) is 0 Å². The molecule has 5 heteroatoms. The molecule has 0 aliphatic rings. The number of hydrogen-bond acceptors (Lipinski definition) is 4. The average Bonchev–Trinajstić information content (AvgIpc) is 1.86. The molecule has 0 aliphatic carbocycles. The minimum Gasteiger partial charge on any atom is -0.446 e. The third kappa shape index (κ3) is 6.79. The maximum atomic E-state index is 10.6. The summed E-state index contributed by atoms with van der Waals surface area (Å²) >= 11 is 0. The van der Waals surface area contributed by atoms with E-state index in [0.29, 0.717) is 6.54 Å². The van der Waals surface area contributed by atoms with Crippen molar-refractivity contribution in [3.63, 3.8) is 0 Å². The second-order valence-corrected chi connectivity index (χ2v) is 2.11. The van der Waals surface area contributed by atoms with Gasteiger partial charge in [0.25, 0.3) is 0 Å². The third-order valence-corrected chi connectivity index (χ3v) is 0.695. The van der Waals surface area contributed by atoms with Gasteiger partial charge in [0.2, 0.25) is 0 Å². The second kappa shape index (κ2) is 5.67. The number of hydrazone groups is 1. The van der Waals surface area contributed by atoms with E-state index in [9.17, 15) is 4.79 Å². The van der Waals surface area contributed by atoms with Gasteiger partial charge >= 0.3 is 6.09 Å². The van der Waals surface area contributed by atoms with Gasteiger partial charge in [-0.2, -0.15) is 5.10 Å². The normalized spacial score (nSPS) is 10.5. The van der Waals surface area contributed by atoms with Crippen LogP contribution in [0, 0.1) is 0 Å². The molecule has 0 heterocycles. The van der Waals surface area contributed by atoms with E-state index < -0.39 is 6.09 Å². The summed E-state index contributed by atoms with van der Waals surface area (Å²) in [6.07, 6.45) is 0.675. The van der Waals surface area contributed by atoms with Crippen LogP contribution in [0.25, 0.3) is 0 Å². The van der Waals surface area contributed by atoms with Crippen LogP contribution in [0.4, 0.5) is 4.79 Å². The number of nitrogens with zero attached hydrogens (tertiary/aromatic N) is 1. The Morgan fingerprint density at radius 1 is 1.82 bits per heavy atom. The topological polar surface area (TPSA) is 76.7 Å². The van der Waals surface area contributed by atoms with E-state index >= 15 is 0 Å². The Bertz CT molecular complexity index is 145. The number of nitrogens with one attached hydrogen (secondary N) is 1. The minimum absolute atomic E-state index is 0.136. The molecule has 0 radical (unpaired) electrons. The van der Waals surface area contributed by atoms with Crippen LogP contribution in [0.2, 0.25) is 0 Å². The van der Waals surface area contributed by atoms with E-state index in [-0.39, 0.29) is 6.10 Å². The molecule has 0 spiro atoms. The molecule has 3 N–H and O–H groups in total. The first-order valence-corrected chi connectivity index (χ1v) is 3.35. The number of hydrogen-bond donors (Lipinski definition) is 2. The predicted octanol–water partition coefficient (Wildman–Crippen LogP) is 0.0655. The first-order chi connectivity index (χ1) is 5.16. The van der Waals surface area contributed by atoms with E-state index in [1.54, 1.807) is 13.8 Å². The van der Waals surface area contributed by atoms with Crippen molar-refractivity contribution in [1.82, 2.24) is 5.43 Å². The van der Waals surface area contributed by atoms with Crippen molar-refractivity contribution < 1.29 is 9.53 Å². The lowest BCUT2D eigenvalue weighted by Gasteiger charge is -2.05. The van der Waals surface area contributed by atoms with Gasteiger partial charge in [-0.05, 0) is 13.8 Å². The van der Waals surface area contributed by atoms with Crippen LogP contribution in [0.3, 0.4) is 0 Å². The summed E-state index contributed by atoms with van der Waals surface area (Å²) in [5.74, 6) is 0. The van der Waals surface area contributed by atoms with Crippen LogP contribution in [-0.4, -0.2) is 25.0 Å². The molecule has 0 aliphatic heterocycles. The molecule has 0 saturated carbocycles. The first kappa shape index (κ1) is 9.90. The molecular weight excluding hydrogens is 146 g/mol. The number of carbonyl (C=O) groups is 1. The molecule has 0 aromatic carbocycles. The highest BCUT2D eigenvalue weighted by Crippen LogP contribution is 1.86. The lowest BCUT2D eigenvalue weighted by molar-refractivity contribution is 0.116. The van der Waals surface area contributed by atoms with Gasteiger partial charge in [-0.3, -0.25) is 0 Å². The third-order valence-electron chi connectivity index (χ3n) is 0.695. The molecule has 0 aromatic rings. The number of ether oxygens (including phenoxy) is 1. The Labute approximate surface area is 65.6 Å². The molecule has 0 unspecified atom stereocenters. The van der Waals surface area contributed by atoms with Crippen LogP contribution in [-0.2, 0) is 4.74 Å². The zero-order chi connectivity index (χ0) is 8.69. The van der Waals surface area contributed by atoms with E-state index in [2.05, 4.69) is 10.5 Å². The van der Waals surface area contributed by atoms with Crippen LogP contribution < -0.4 is 11.2 Å². The summed E-state index contributed by atoms with van der Waals surface area (Å²) in [4.78, 5) is 10.6. The summed E-state index contributed by atoms with van der Waals surface area (Å²) in [5.41, 5.74) is 7.22. The maximum absolute atomic E-state index is 10.6. The molecular formula is C6H13N3O2.